The summed E-state index contributed by atoms with van der Waals surface area (Å²) in [6.07, 6.45) is 0. The molecule has 3 aromatic rings. The second-order valence-corrected chi connectivity index (χ2v) is 6.06. The molecular weight excluding hydrogens is 320 g/mol. The smallest absolute Gasteiger partial charge is 0.263 e. The summed E-state index contributed by atoms with van der Waals surface area (Å²) in [5, 5.41) is 1.18. The van der Waals surface area contributed by atoms with Crippen LogP contribution < -0.4 is 9.64 Å². The number of nitrogens with zero attached hydrogens (tertiary/aromatic N) is 2. The number of para-hydroxylation sites is 2. The number of benzene rings is 2. The molecule has 0 aliphatic carbocycles. The van der Waals surface area contributed by atoms with Gasteiger partial charge >= 0.3 is 0 Å². The maximum atomic E-state index is 12.7. The van der Waals surface area contributed by atoms with E-state index in [9.17, 15) is 4.79 Å². The van der Waals surface area contributed by atoms with Crippen molar-refractivity contribution in [1.82, 2.24) is 4.98 Å². The Morgan fingerprint density at radius 2 is 2.00 bits per heavy atom. The molecule has 0 fully saturated rings. The predicted octanol–water partition coefficient (Wildman–Crippen LogP) is 4.23. The molecule has 0 spiro atoms. The van der Waals surface area contributed by atoms with Crippen LogP contribution >= 0.6 is 22.9 Å². The summed E-state index contributed by atoms with van der Waals surface area (Å²) in [7, 11) is 3.24. The molecule has 0 saturated carbocycles. The maximum absolute atomic E-state index is 12.7. The summed E-state index contributed by atoms with van der Waals surface area (Å²) in [6.45, 7) is 0. The molecule has 0 aliphatic heterocycles. The topological polar surface area (TPSA) is 42.4 Å². The van der Waals surface area contributed by atoms with E-state index in [0.717, 1.165) is 4.70 Å². The quantitative estimate of drug-likeness (QED) is 0.720. The van der Waals surface area contributed by atoms with E-state index >= 15 is 0 Å². The molecule has 1 aromatic heterocycles. The van der Waals surface area contributed by atoms with Crippen molar-refractivity contribution in [3.8, 4) is 5.75 Å². The van der Waals surface area contributed by atoms with Gasteiger partial charge < -0.3 is 4.74 Å². The molecule has 22 heavy (non-hydrogen) atoms. The lowest BCUT2D eigenvalue weighted by atomic mass is 10.2. The minimum absolute atomic E-state index is 0.173. The standard InChI is InChI=1S/C16H13ClN2O2S/c1-19(15(20)10-6-3-4-8-12(10)21-2)16-18-14-11(17)7-5-9-13(14)22-16/h3-9H,1-2H3. The van der Waals surface area contributed by atoms with Gasteiger partial charge in [-0.15, -0.1) is 0 Å². The Morgan fingerprint density at radius 1 is 1.23 bits per heavy atom. The molecule has 0 unspecified atom stereocenters. The number of fused-ring (bicyclic) bond motifs is 1. The molecule has 0 saturated heterocycles. The lowest BCUT2D eigenvalue weighted by Crippen LogP contribution is -2.26. The van der Waals surface area contributed by atoms with E-state index in [1.165, 1.54) is 16.2 Å². The van der Waals surface area contributed by atoms with Gasteiger partial charge in [0, 0.05) is 7.05 Å². The summed E-state index contributed by atoms with van der Waals surface area (Å²) in [4.78, 5) is 18.6. The van der Waals surface area contributed by atoms with Crippen LogP contribution in [-0.4, -0.2) is 25.0 Å². The molecule has 3 rings (SSSR count). The summed E-state index contributed by atoms with van der Waals surface area (Å²) >= 11 is 7.56. The first kappa shape index (κ1) is 14.8. The number of amides is 1. The Kier molecular flexibility index (Phi) is 4.00. The van der Waals surface area contributed by atoms with Crippen molar-refractivity contribution >= 4 is 44.2 Å². The number of hydrogen-bond acceptors (Lipinski definition) is 4. The molecule has 0 bridgehead atoms. The van der Waals surface area contributed by atoms with Crippen molar-refractivity contribution in [2.24, 2.45) is 0 Å². The molecular formula is C16H13ClN2O2S. The average molecular weight is 333 g/mol. The van der Waals surface area contributed by atoms with Crippen LogP contribution in [0.5, 0.6) is 5.75 Å². The number of ether oxygens (including phenoxy) is 1. The zero-order valence-corrected chi connectivity index (χ0v) is 13.6. The number of hydrogen-bond donors (Lipinski definition) is 0. The van der Waals surface area contributed by atoms with Crippen LogP contribution in [0.1, 0.15) is 10.4 Å². The van der Waals surface area contributed by atoms with Crippen molar-refractivity contribution in [2.75, 3.05) is 19.1 Å². The molecule has 0 atom stereocenters. The van der Waals surface area contributed by atoms with Gasteiger partial charge in [-0.2, -0.15) is 0 Å². The zero-order chi connectivity index (χ0) is 15.7. The fraction of sp³-hybridized carbons (Fsp3) is 0.125. The van der Waals surface area contributed by atoms with Crippen LogP contribution in [-0.2, 0) is 0 Å². The summed E-state index contributed by atoms with van der Waals surface area (Å²) in [6, 6.07) is 12.7. The normalized spacial score (nSPS) is 10.7. The average Bonchev–Trinajstić information content (AvgIpc) is 2.99. The number of carbonyl (C=O) groups excluding carboxylic acids is 1. The van der Waals surface area contributed by atoms with Gasteiger partial charge in [-0.25, -0.2) is 4.98 Å². The summed E-state index contributed by atoms with van der Waals surface area (Å²) < 4.78 is 6.19. The molecule has 0 aliphatic rings. The van der Waals surface area contributed by atoms with Crippen molar-refractivity contribution < 1.29 is 9.53 Å². The molecule has 6 heteroatoms. The van der Waals surface area contributed by atoms with E-state index in [2.05, 4.69) is 4.98 Å². The molecule has 0 N–H and O–H groups in total. The van der Waals surface area contributed by atoms with Crippen LogP contribution in [0.4, 0.5) is 5.13 Å². The number of carbonyl (C=O) groups is 1. The first-order chi connectivity index (χ1) is 10.6. The Balaban J connectivity index is 2.00. The van der Waals surface area contributed by atoms with Crippen LogP contribution in [0, 0.1) is 0 Å². The second kappa shape index (κ2) is 5.94. The van der Waals surface area contributed by atoms with E-state index in [1.807, 2.05) is 18.2 Å². The third kappa shape index (κ3) is 2.53. The summed E-state index contributed by atoms with van der Waals surface area (Å²) in [5.74, 6) is 0.367. The third-order valence-corrected chi connectivity index (χ3v) is 4.69. The fourth-order valence-electron chi connectivity index (χ4n) is 2.14. The predicted molar refractivity (Wildman–Crippen MR) is 90.4 cm³/mol. The van der Waals surface area contributed by atoms with Crippen molar-refractivity contribution in [2.45, 2.75) is 0 Å². The Bertz CT molecular complexity index is 847. The third-order valence-electron chi connectivity index (χ3n) is 3.29. The van der Waals surface area contributed by atoms with Crippen molar-refractivity contribution in [3.05, 3.63) is 53.1 Å². The lowest BCUT2D eigenvalue weighted by molar-refractivity contribution is 0.0990. The number of methoxy groups -OCH3 is 1. The number of rotatable bonds is 3. The summed E-state index contributed by atoms with van der Waals surface area (Å²) in [5.41, 5.74) is 1.21. The largest absolute Gasteiger partial charge is 0.496 e. The van der Waals surface area contributed by atoms with Crippen molar-refractivity contribution in [3.63, 3.8) is 0 Å². The van der Waals surface area contributed by atoms with E-state index in [-0.39, 0.29) is 5.91 Å². The van der Waals surface area contributed by atoms with Crippen molar-refractivity contribution in [1.29, 1.82) is 0 Å². The van der Waals surface area contributed by atoms with Gasteiger partial charge in [0.2, 0.25) is 0 Å². The number of anilines is 1. The maximum Gasteiger partial charge on any atom is 0.263 e. The SMILES string of the molecule is COc1ccccc1C(=O)N(C)c1nc2c(Cl)cccc2s1. The van der Waals surface area contributed by atoms with Gasteiger partial charge in [-0.1, -0.05) is 41.1 Å². The first-order valence-corrected chi connectivity index (χ1v) is 7.77. The van der Waals surface area contributed by atoms with Gasteiger partial charge in [0.1, 0.15) is 11.3 Å². The molecule has 112 valence electrons. The highest BCUT2D eigenvalue weighted by molar-refractivity contribution is 7.22. The van der Waals surface area contributed by atoms with Crippen LogP contribution in [0.2, 0.25) is 5.02 Å². The molecule has 2 aromatic carbocycles. The van der Waals surface area contributed by atoms with Crippen LogP contribution in [0.15, 0.2) is 42.5 Å². The van der Waals surface area contributed by atoms with Gasteiger partial charge in [0.25, 0.3) is 5.91 Å². The van der Waals surface area contributed by atoms with Crippen LogP contribution in [0.25, 0.3) is 10.2 Å². The van der Waals surface area contributed by atoms with Gasteiger partial charge in [0.15, 0.2) is 5.13 Å². The molecule has 1 amide bonds. The second-order valence-electron chi connectivity index (χ2n) is 4.65. The molecule has 0 radical (unpaired) electrons. The Labute approximate surface area is 136 Å². The monoisotopic (exact) mass is 332 g/mol. The van der Waals surface area contributed by atoms with Gasteiger partial charge in [0.05, 0.1) is 22.4 Å². The fourth-order valence-corrected chi connectivity index (χ4v) is 3.36. The van der Waals surface area contributed by atoms with E-state index in [1.54, 1.807) is 38.4 Å². The van der Waals surface area contributed by atoms with E-state index in [4.69, 9.17) is 16.3 Å². The minimum Gasteiger partial charge on any atom is -0.496 e. The first-order valence-electron chi connectivity index (χ1n) is 6.58. The minimum atomic E-state index is -0.173. The highest BCUT2D eigenvalue weighted by Gasteiger charge is 2.20. The number of aromatic nitrogens is 1. The molecule has 4 nitrogen and oxygen atoms in total. The number of halogens is 1. The van der Waals surface area contributed by atoms with Gasteiger partial charge in [-0.05, 0) is 24.3 Å². The van der Waals surface area contributed by atoms with E-state index < -0.39 is 0 Å². The zero-order valence-electron chi connectivity index (χ0n) is 12.0. The Hall–Kier alpha value is -2.11. The number of thiazole rings is 1. The Morgan fingerprint density at radius 3 is 2.73 bits per heavy atom. The highest BCUT2D eigenvalue weighted by atomic mass is 35.5. The highest BCUT2D eigenvalue weighted by Crippen LogP contribution is 2.33. The van der Waals surface area contributed by atoms with Crippen LogP contribution in [0.3, 0.4) is 0 Å². The molecule has 1 heterocycles. The lowest BCUT2D eigenvalue weighted by Gasteiger charge is -2.15. The van der Waals surface area contributed by atoms with Gasteiger partial charge in [-0.3, -0.25) is 9.69 Å². The van der Waals surface area contributed by atoms with E-state index in [0.29, 0.717) is 27.0 Å².